The predicted octanol–water partition coefficient (Wildman–Crippen LogP) is 1.92. The van der Waals surface area contributed by atoms with E-state index >= 15 is 0 Å². The van der Waals surface area contributed by atoms with Gasteiger partial charge in [-0.1, -0.05) is 0 Å². The molecule has 0 spiro atoms. The SMILES string of the molecule is COCCNC(=O)c1ccc2nccc(C)c2c1. The van der Waals surface area contributed by atoms with E-state index in [9.17, 15) is 4.79 Å². The highest BCUT2D eigenvalue weighted by Crippen LogP contribution is 2.17. The number of hydrogen-bond donors (Lipinski definition) is 1. The molecule has 4 heteroatoms. The maximum Gasteiger partial charge on any atom is 0.251 e. The fourth-order valence-corrected chi connectivity index (χ4v) is 1.79. The lowest BCUT2D eigenvalue weighted by molar-refractivity contribution is 0.0937. The number of hydrogen-bond acceptors (Lipinski definition) is 3. The van der Waals surface area contributed by atoms with Crippen molar-refractivity contribution in [2.75, 3.05) is 20.3 Å². The molecule has 2 rings (SSSR count). The van der Waals surface area contributed by atoms with E-state index in [-0.39, 0.29) is 5.91 Å². The Labute approximate surface area is 106 Å². The molecule has 4 nitrogen and oxygen atoms in total. The number of pyridine rings is 1. The monoisotopic (exact) mass is 244 g/mol. The van der Waals surface area contributed by atoms with Crippen LogP contribution in [0.2, 0.25) is 0 Å². The van der Waals surface area contributed by atoms with Crippen LogP contribution in [-0.4, -0.2) is 31.2 Å². The minimum absolute atomic E-state index is 0.0859. The molecule has 0 aliphatic rings. The molecule has 0 unspecified atom stereocenters. The highest BCUT2D eigenvalue weighted by atomic mass is 16.5. The number of fused-ring (bicyclic) bond motifs is 1. The quantitative estimate of drug-likeness (QED) is 0.836. The topological polar surface area (TPSA) is 51.2 Å². The lowest BCUT2D eigenvalue weighted by Gasteiger charge is -2.06. The van der Waals surface area contributed by atoms with Crippen LogP contribution in [0.15, 0.2) is 30.5 Å². The Balaban J connectivity index is 2.24. The summed E-state index contributed by atoms with van der Waals surface area (Å²) in [6.07, 6.45) is 1.77. The number of benzene rings is 1. The first kappa shape index (κ1) is 12.5. The van der Waals surface area contributed by atoms with Gasteiger partial charge < -0.3 is 10.1 Å². The third-order valence-corrected chi connectivity index (χ3v) is 2.81. The number of aromatic nitrogens is 1. The molecule has 0 atom stereocenters. The van der Waals surface area contributed by atoms with Crippen LogP contribution in [0.1, 0.15) is 15.9 Å². The summed E-state index contributed by atoms with van der Waals surface area (Å²) in [6.45, 7) is 3.04. The fraction of sp³-hybridized carbons (Fsp3) is 0.286. The summed E-state index contributed by atoms with van der Waals surface area (Å²) in [6, 6.07) is 7.47. The van der Waals surface area contributed by atoms with E-state index < -0.39 is 0 Å². The molecule has 2 aromatic rings. The van der Waals surface area contributed by atoms with Gasteiger partial charge in [0.25, 0.3) is 5.91 Å². The first-order chi connectivity index (χ1) is 8.72. The number of carbonyl (C=O) groups excluding carboxylic acids is 1. The molecule has 0 radical (unpaired) electrons. The number of nitrogens with one attached hydrogen (secondary N) is 1. The molecule has 1 N–H and O–H groups in total. The van der Waals surface area contributed by atoms with Gasteiger partial charge in [-0.3, -0.25) is 9.78 Å². The number of carbonyl (C=O) groups is 1. The molecular formula is C14H16N2O2. The Bertz CT molecular complexity index is 567. The largest absolute Gasteiger partial charge is 0.383 e. The van der Waals surface area contributed by atoms with Gasteiger partial charge in [0.2, 0.25) is 0 Å². The number of aryl methyl sites for hydroxylation is 1. The van der Waals surface area contributed by atoms with Gasteiger partial charge in [-0.2, -0.15) is 0 Å². The first-order valence-corrected chi connectivity index (χ1v) is 5.85. The summed E-state index contributed by atoms with van der Waals surface area (Å²) in [5.41, 5.74) is 2.67. The van der Waals surface area contributed by atoms with E-state index in [4.69, 9.17) is 4.74 Å². The van der Waals surface area contributed by atoms with E-state index in [1.807, 2.05) is 25.1 Å². The van der Waals surface area contributed by atoms with Crippen molar-refractivity contribution in [3.8, 4) is 0 Å². The lowest BCUT2D eigenvalue weighted by Crippen LogP contribution is -2.26. The van der Waals surface area contributed by atoms with Crippen LogP contribution in [0.4, 0.5) is 0 Å². The molecule has 0 aliphatic carbocycles. The van der Waals surface area contributed by atoms with Gasteiger partial charge in [0.1, 0.15) is 0 Å². The molecule has 0 saturated heterocycles. The fourth-order valence-electron chi connectivity index (χ4n) is 1.79. The van der Waals surface area contributed by atoms with Gasteiger partial charge in [-0.05, 0) is 36.8 Å². The molecule has 0 bridgehead atoms. The second-order valence-corrected chi connectivity index (χ2v) is 4.11. The van der Waals surface area contributed by atoms with E-state index in [0.717, 1.165) is 16.5 Å². The summed E-state index contributed by atoms with van der Waals surface area (Å²) < 4.78 is 4.89. The van der Waals surface area contributed by atoms with Crippen LogP contribution < -0.4 is 5.32 Å². The predicted molar refractivity (Wildman–Crippen MR) is 70.7 cm³/mol. The Kier molecular flexibility index (Phi) is 3.89. The molecular weight excluding hydrogens is 228 g/mol. The normalized spacial score (nSPS) is 10.6. The van der Waals surface area contributed by atoms with Crippen molar-refractivity contribution in [3.05, 3.63) is 41.6 Å². The third kappa shape index (κ3) is 2.65. The minimum Gasteiger partial charge on any atom is -0.383 e. The smallest absolute Gasteiger partial charge is 0.251 e. The molecule has 1 amide bonds. The lowest BCUT2D eigenvalue weighted by atomic mass is 10.1. The van der Waals surface area contributed by atoms with Crippen molar-refractivity contribution in [2.45, 2.75) is 6.92 Å². The maximum atomic E-state index is 11.9. The molecule has 94 valence electrons. The highest BCUT2D eigenvalue weighted by Gasteiger charge is 2.07. The van der Waals surface area contributed by atoms with Gasteiger partial charge in [0, 0.05) is 30.8 Å². The van der Waals surface area contributed by atoms with Crippen molar-refractivity contribution >= 4 is 16.8 Å². The molecule has 1 heterocycles. The zero-order valence-corrected chi connectivity index (χ0v) is 10.6. The Morgan fingerprint density at radius 2 is 2.22 bits per heavy atom. The van der Waals surface area contributed by atoms with Gasteiger partial charge in [0.15, 0.2) is 0 Å². The summed E-state index contributed by atoms with van der Waals surface area (Å²) in [5, 5.41) is 3.81. The Morgan fingerprint density at radius 3 is 3.00 bits per heavy atom. The summed E-state index contributed by atoms with van der Waals surface area (Å²) in [7, 11) is 1.61. The number of methoxy groups -OCH3 is 1. The average Bonchev–Trinajstić information content (AvgIpc) is 2.39. The van der Waals surface area contributed by atoms with E-state index in [0.29, 0.717) is 18.7 Å². The van der Waals surface area contributed by atoms with E-state index in [1.54, 1.807) is 19.4 Å². The molecule has 0 aliphatic heterocycles. The zero-order valence-electron chi connectivity index (χ0n) is 10.6. The van der Waals surface area contributed by atoms with Crippen LogP contribution in [0.3, 0.4) is 0 Å². The van der Waals surface area contributed by atoms with Crippen molar-refractivity contribution in [1.82, 2.24) is 10.3 Å². The number of ether oxygens (including phenoxy) is 1. The zero-order chi connectivity index (χ0) is 13.0. The average molecular weight is 244 g/mol. The van der Waals surface area contributed by atoms with Crippen LogP contribution in [0.5, 0.6) is 0 Å². The molecule has 0 fully saturated rings. The second kappa shape index (κ2) is 5.60. The Hall–Kier alpha value is -1.94. The van der Waals surface area contributed by atoms with Crippen molar-refractivity contribution in [3.63, 3.8) is 0 Å². The molecule has 1 aromatic carbocycles. The maximum absolute atomic E-state index is 11.9. The highest BCUT2D eigenvalue weighted by molar-refractivity contribution is 5.98. The van der Waals surface area contributed by atoms with E-state index in [2.05, 4.69) is 10.3 Å². The van der Waals surface area contributed by atoms with Gasteiger partial charge in [0.05, 0.1) is 12.1 Å². The van der Waals surface area contributed by atoms with Gasteiger partial charge >= 0.3 is 0 Å². The van der Waals surface area contributed by atoms with Crippen LogP contribution in [-0.2, 0) is 4.74 Å². The first-order valence-electron chi connectivity index (χ1n) is 5.85. The third-order valence-electron chi connectivity index (χ3n) is 2.81. The van der Waals surface area contributed by atoms with Crippen molar-refractivity contribution < 1.29 is 9.53 Å². The number of rotatable bonds is 4. The summed E-state index contributed by atoms with van der Waals surface area (Å²) >= 11 is 0. The molecule has 18 heavy (non-hydrogen) atoms. The van der Waals surface area contributed by atoms with Crippen LogP contribution in [0.25, 0.3) is 10.9 Å². The number of nitrogens with zero attached hydrogens (tertiary/aromatic N) is 1. The van der Waals surface area contributed by atoms with E-state index in [1.165, 1.54) is 0 Å². The van der Waals surface area contributed by atoms with Crippen molar-refractivity contribution in [2.24, 2.45) is 0 Å². The van der Waals surface area contributed by atoms with Crippen LogP contribution >= 0.6 is 0 Å². The summed E-state index contributed by atoms with van der Waals surface area (Å²) in [5.74, 6) is -0.0859. The molecule has 0 saturated carbocycles. The van der Waals surface area contributed by atoms with Gasteiger partial charge in [-0.25, -0.2) is 0 Å². The van der Waals surface area contributed by atoms with Crippen molar-refractivity contribution in [1.29, 1.82) is 0 Å². The number of amides is 1. The van der Waals surface area contributed by atoms with Crippen LogP contribution in [0, 0.1) is 6.92 Å². The summed E-state index contributed by atoms with van der Waals surface area (Å²) in [4.78, 5) is 16.2. The standard InChI is InChI=1S/C14H16N2O2/c1-10-5-6-15-13-4-3-11(9-12(10)13)14(17)16-7-8-18-2/h3-6,9H,7-8H2,1-2H3,(H,16,17). The second-order valence-electron chi connectivity index (χ2n) is 4.11. The Morgan fingerprint density at radius 1 is 1.39 bits per heavy atom. The minimum atomic E-state index is -0.0859. The molecule has 1 aromatic heterocycles. The van der Waals surface area contributed by atoms with Gasteiger partial charge in [-0.15, -0.1) is 0 Å².